The summed E-state index contributed by atoms with van der Waals surface area (Å²) in [4.78, 5) is 48.1. The predicted molar refractivity (Wildman–Crippen MR) is 169 cm³/mol. The maximum Gasteiger partial charge on any atom is 0.251 e. The average Bonchev–Trinajstić information content (AvgIpc) is 3.55. The Morgan fingerprint density at radius 2 is 1.80 bits per heavy atom. The van der Waals surface area contributed by atoms with Crippen LogP contribution in [0.3, 0.4) is 0 Å². The van der Waals surface area contributed by atoms with Crippen molar-refractivity contribution < 1.29 is 23.2 Å². The molecule has 1 saturated carbocycles. The summed E-state index contributed by atoms with van der Waals surface area (Å²) in [7, 11) is 6.18. The number of hydrogen-bond acceptors (Lipinski definition) is 6. The first kappa shape index (κ1) is 34.0. The van der Waals surface area contributed by atoms with Crippen LogP contribution in [0, 0.1) is 17.6 Å². The summed E-state index contributed by atoms with van der Waals surface area (Å²) >= 11 is 1.54. The highest BCUT2D eigenvalue weighted by molar-refractivity contribution is 7.09. The molecule has 1 aliphatic carbocycles. The van der Waals surface area contributed by atoms with E-state index in [1.165, 1.54) is 36.7 Å². The standard InChI is InChI=1S/C33H47F2N5O3S/c1-38(2)17-8-7-13-30(39(3)24-10-5-4-6-11-24)33(43)40-18-16-29(37-31(41)23-14-15-27(34)28(35)20-23)26(22-40)32(42)36-21-25-12-9-19-44-25/h9,12,14-15,19-20,24,26,29-30H,4-8,10-11,13,16-18,21-22H2,1-3H3,(H,36,42)(H,37,41)/t26-,29+,30+/m0/s1. The van der Waals surface area contributed by atoms with Crippen molar-refractivity contribution in [3.05, 3.63) is 57.8 Å². The lowest BCUT2D eigenvalue weighted by atomic mass is 9.89. The van der Waals surface area contributed by atoms with Gasteiger partial charge in [0.05, 0.1) is 18.5 Å². The molecule has 2 aliphatic rings. The molecule has 4 rings (SSSR count). The number of thiophene rings is 1. The van der Waals surface area contributed by atoms with E-state index < -0.39 is 29.5 Å². The van der Waals surface area contributed by atoms with Gasteiger partial charge in [-0.3, -0.25) is 19.3 Å². The fourth-order valence-corrected chi connectivity index (χ4v) is 7.06. The van der Waals surface area contributed by atoms with Crippen LogP contribution in [0.5, 0.6) is 0 Å². The van der Waals surface area contributed by atoms with Crippen LogP contribution < -0.4 is 10.6 Å². The van der Waals surface area contributed by atoms with Crippen LogP contribution >= 0.6 is 11.3 Å². The minimum atomic E-state index is -1.11. The summed E-state index contributed by atoms with van der Waals surface area (Å²) in [6.45, 7) is 1.88. The zero-order chi connectivity index (χ0) is 31.6. The predicted octanol–water partition coefficient (Wildman–Crippen LogP) is 4.65. The number of benzene rings is 1. The molecule has 2 heterocycles. The molecule has 0 unspecified atom stereocenters. The van der Waals surface area contributed by atoms with Crippen molar-refractivity contribution in [3.63, 3.8) is 0 Å². The van der Waals surface area contributed by atoms with Crippen LogP contribution in [0.2, 0.25) is 0 Å². The van der Waals surface area contributed by atoms with Gasteiger partial charge in [-0.2, -0.15) is 0 Å². The molecular formula is C33H47F2N5O3S. The molecule has 2 aromatic rings. The van der Waals surface area contributed by atoms with Gasteiger partial charge in [-0.1, -0.05) is 31.7 Å². The minimum Gasteiger partial charge on any atom is -0.351 e. The van der Waals surface area contributed by atoms with E-state index in [0.29, 0.717) is 25.6 Å². The number of likely N-dealkylation sites (N-methyl/N-ethyl adjacent to an activating group) is 1. The van der Waals surface area contributed by atoms with Gasteiger partial charge < -0.3 is 20.4 Å². The van der Waals surface area contributed by atoms with E-state index >= 15 is 0 Å². The first-order chi connectivity index (χ1) is 21.1. The number of amides is 3. The molecular weight excluding hydrogens is 584 g/mol. The number of hydrogen-bond donors (Lipinski definition) is 2. The lowest BCUT2D eigenvalue weighted by molar-refractivity contribution is -0.142. The van der Waals surface area contributed by atoms with E-state index in [1.54, 1.807) is 4.90 Å². The smallest absolute Gasteiger partial charge is 0.251 e. The lowest BCUT2D eigenvalue weighted by Gasteiger charge is -2.42. The van der Waals surface area contributed by atoms with E-state index in [9.17, 15) is 23.2 Å². The van der Waals surface area contributed by atoms with Gasteiger partial charge in [0.15, 0.2) is 11.6 Å². The largest absolute Gasteiger partial charge is 0.351 e. The number of rotatable bonds is 13. The number of likely N-dealkylation sites (tertiary alicyclic amines) is 1. The maximum atomic E-state index is 14.2. The Morgan fingerprint density at radius 3 is 2.48 bits per heavy atom. The van der Waals surface area contributed by atoms with Gasteiger partial charge in [-0.25, -0.2) is 8.78 Å². The molecule has 11 heteroatoms. The van der Waals surface area contributed by atoms with Crippen LogP contribution in [0.4, 0.5) is 8.78 Å². The Balaban J connectivity index is 1.50. The van der Waals surface area contributed by atoms with Crippen molar-refractivity contribution in [3.8, 4) is 0 Å². The summed E-state index contributed by atoms with van der Waals surface area (Å²) < 4.78 is 27.3. The van der Waals surface area contributed by atoms with Crippen LogP contribution in [0.25, 0.3) is 0 Å². The van der Waals surface area contributed by atoms with Crippen LogP contribution in [-0.4, -0.2) is 91.3 Å². The molecule has 3 atom stereocenters. The van der Waals surface area contributed by atoms with E-state index in [1.807, 2.05) is 17.5 Å². The van der Waals surface area contributed by atoms with Crippen molar-refractivity contribution in [2.45, 2.75) is 82.5 Å². The molecule has 0 bridgehead atoms. The number of nitrogens with one attached hydrogen (secondary N) is 2. The molecule has 0 radical (unpaired) electrons. The van der Waals surface area contributed by atoms with Crippen molar-refractivity contribution in [1.29, 1.82) is 0 Å². The van der Waals surface area contributed by atoms with Gasteiger partial charge in [0.2, 0.25) is 11.8 Å². The van der Waals surface area contributed by atoms with E-state index in [4.69, 9.17) is 0 Å². The van der Waals surface area contributed by atoms with Gasteiger partial charge in [0.25, 0.3) is 5.91 Å². The third-order valence-electron chi connectivity index (χ3n) is 9.04. The molecule has 1 aromatic heterocycles. The molecule has 1 aromatic carbocycles. The third-order valence-corrected chi connectivity index (χ3v) is 9.91. The molecule has 2 fully saturated rings. The SMILES string of the molecule is CN(C)CCCC[C@H](C(=O)N1CC[C@@H](NC(=O)c2ccc(F)c(F)c2)[C@@H](C(=O)NCc2cccs2)C1)N(C)C1CCCCC1. The molecule has 44 heavy (non-hydrogen) atoms. The Labute approximate surface area is 264 Å². The van der Waals surface area contributed by atoms with Crippen LogP contribution in [-0.2, 0) is 16.1 Å². The average molecular weight is 632 g/mol. The zero-order valence-electron chi connectivity index (χ0n) is 26.2. The summed E-state index contributed by atoms with van der Waals surface area (Å²) in [5, 5.41) is 7.81. The third kappa shape index (κ3) is 9.31. The summed E-state index contributed by atoms with van der Waals surface area (Å²) in [5.41, 5.74) is -0.0213. The Bertz CT molecular complexity index is 1240. The topological polar surface area (TPSA) is 85.0 Å². The Hall–Kier alpha value is -2.89. The van der Waals surface area contributed by atoms with Crippen molar-refractivity contribution >= 4 is 29.1 Å². The van der Waals surface area contributed by atoms with Crippen molar-refractivity contribution in [1.82, 2.24) is 25.3 Å². The second-order valence-electron chi connectivity index (χ2n) is 12.5. The second kappa shape index (κ2) is 16.4. The van der Waals surface area contributed by atoms with E-state index in [-0.39, 0.29) is 30.0 Å². The van der Waals surface area contributed by atoms with Crippen molar-refractivity contribution in [2.24, 2.45) is 5.92 Å². The molecule has 1 aliphatic heterocycles. The van der Waals surface area contributed by atoms with Gasteiger partial charge in [-0.15, -0.1) is 11.3 Å². The monoisotopic (exact) mass is 631 g/mol. The quantitative estimate of drug-likeness (QED) is 0.315. The fourth-order valence-electron chi connectivity index (χ4n) is 6.42. The summed E-state index contributed by atoms with van der Waals surface area (Å²) in [5.74, 6) is -3.65. The minimum absolute atomic E-state index is 0.0213. The first-order valence-corrected chi connectivity index (χ1v) is 16.7. The number of piperidine rings is 1. The van der Waals surface area contributed by atoms with E-state index in [0.717, 1.165) is 55.7 Å². The highest BCUT2D eigenvalue weighted by atomic mass is 32.1. The van der Waals surface area contributed by atoms with Gasteiger partial charge in [0, 0.05) is 35.6 Å². The number of carbonyl (C=O) groups excluding carboxylic acids is 3. The molecule has 3 amide bonds. The zero-order valence-corrected chi connectivity index (χ0v) is 27.0. The highest BCUT2D eigenvalue weighted by Gasteiger charge is 2.40. The van der Waals surface area contributed by atoms with Crippen LogP contribution in [0.1, 0.15) is 73.0 Å². The highest BCUT2D eigenvalue weighted by Crippen LogP contribution is 2.27. The Kier molecular flexibility index (Phi) is 12.7. The first-order valence-electron chi connectivity index (χ1n) is 15.9. The lowest BCUT2D eigenvalue weighted by Crippen LogP contribution is -2.60. The fraction of sp³-hybridized carbons (Fsp3) is 0.606. The van der Waals surface area contributed by atoms with E-state index in [2.05, 4.69) is 41.6 Å². The summed E-state index contributed by atoms with van der Waals surface area (Å²) in [6, 6.07) is 6.37. The van der Waals surface area contributed by atoms with Gasteiger partial charge in [0.1, 0.15) is 0 Å². The molecule has 8 nitrogen and oxygen atoms in total. The molecule has 242 valence electrons. The second-order valence-corrected chi connectivity index (χ2v) is 13.5. The van der Waals surface area contributed by atoms with Gasteiger partial charge >= 0.3 is 0 Å². The van der Waals surface area contributed by atoms with Crippen LogP contribution in [0.15, 0.2) is 35.7 Å². The number of unbranched alkanes of at least 4 members (excludes halogenated alkanes) is 1. The molecule has 0 spiro atoms. The van der Waals surface area contributed by atoms with Gasteiger partial charge in [-0.05, 0) is 89.4 Å². The number of halogens is 2. The van der Waals surface area contributed by atoms with Crippen molar-refractivity contribution in [2.75, 3.05) is 40.8 Å². The maximum absolute atomic E-state index is 14.2. The normalized spacial score (nSPS) is 20.1. The number of nitrogens with zero attached hydrogens (tertiary/aromatic N) is 3. The molecule has 1 saturated heterocycles. The number of carbonyl (C=O) groups is 3. The summed E-state index contributed by atoms with van der Waals surface area (Å²) in [6.07, 6.45) is 8.81. The Morgan fingerprint density at radius 1 is 1.02 bits per heavy atom. The molecule has 2 N–H and O–H groups in total.